The molecule has 5 aliphatic rings. The molecule has 5 rings (SSSR count). The fourth-order valence-corrected chi connectivity index (χ4v) is 8.02. The van der Waals surface area contributed by atoms with E-state index in [0.717, 1.165) is 30.6 Å². The van der Waals surface area contributed by atoms with Crippen molar-refractivity contribution >= 4 is 23.7 Å². The second kappa shape index (κ2) is 6.54. The van der Waals surface area contributed by atoms with Gasteiger partial charge >= 0.3 is 6.03 Å². The number of carbonyl (C=O) groups excluding carboxylic acids is 2. The minimum absolute atomic E-state index is 0.119. The highest BCUT2D eigenvalue weighted by molar-refractivity contribution is 8.01. The summed E-state index contributed by atoms with van der Waals surface area (Å²) < 4.78 is 0.313. The van der Waals surface area contributed by atoms with E-state index >= 15 is 0 Å². The number of hydrogen-bond acceptors (Lipinski definition) is 3. The first-order chi connectivity index (χ1) is 11.5. The van der Waals surface area contributed by atoms with Gasteiger partial charge in [-0.05, 0) is 76.0 Å². The van der Waals surface area contributed by atoms with Crippen molar-refractivity contribution in [3.05, 3.63) is 0 Å². The standard InChI is InChI=1S/C19H30N2O2S/c1-12(17(22)21-18(23)20-16-4-2-3-5-16)24-19-9-13-6-14(10-19)8-15(7-13)11-19/h12-16H,2-11H2,1H3,(H2,20,21,22,23)/t12-,13?,14?,15?,19?/m0/s1. The Kier molecular flexibility index (Phi) is 4.57. The molecule has 24 heavy (non-hydrogen) atoms. The number of hydrogen-bond donors (Lipinski definition) is 2. The Morgan fingerprint density at radius 1 is 1.00 bits per heavy atom. The Bertz CT molecular complexity index is 480. The maximum atomic E-state index is 12.5. The maximum absolute atomic E-state index is 12.5. The molecular weight excluding hydrogens is 320 g/mol. The predicted molar refractivity (Wildman–Crippen MR) is 96.9 cm³/mol. The third-order valence-corrected chi connectivity index (χ3v) is 8.27. The molecule has 0 aromatic rings. The third-order valence-electron chi connectivity index (χ3n) is 6.71. The smallest absolute Gasteiger partial charge is 0.321 e. The van der Waals surface area contributed by atoms with Crippen molar-refractivity contribution < 1.29 is 9.59 Å². The van der Waals surface area contributed by atoms with Gasteiger partial charge in [0, 0.05) is 10.8 Å². The molecule has 0 aromatic heterocycles. The predicted octanol–water partition coefficient (Wildman–Crippen LogP) is 3.85. The van der Waals surface area contributed by atoms with Crippen molar-refractivity contribution in [2.45, 2.75) is 87.2 Å². The molecule has 4 bridgehead atoms. The summed E-state index contributed by atoms with van der Waals surface area (Å²) >= 11 is 1.86. The molecule has 5 heteroatoms. The van der Waals surface area contributed by atoms with Gasteiger partial charge in [-0.1, -0.05) is 12.8 Å². The van der Waals surface area contributed by atoms with Crippen LogP contribution in [0.4, 0.5) is 4.79 Å². The molecule has 5 saturated carbocycles. The average Bonchev–Trinajstić information content (AvgIpc) is 2.97. The van der Waals surface area contributed by atoms with Crippen LogP contribution in [0.1, 0.15) is 71.1 Å². The van der Waals surface area contributed by atoms with Crippen molar-refractivity contribution in [3.8, 4) is 0 Å². The molecule has 2 N–H and O–H groups in total. The van der Waals surface area contributed by atoms with Crippen LogP contribution in [-0.4, -0.2) is 28.0 Å². The average molecular weight is 351 g/mol. The number of carbonyl (C=O) groups is 2. The van der Waals surface area contributed by atoms with Gasteiger partial charge < -0.3 is 5.32 Å². The zero-order chi connectivity index (χ0) is 16.7. The van der Waals surface area contributed by atoms with Crippen LogP contribution in [-0.2, 0) is 4.79 Å². The van der Waals surface area contributed by atoms with Crippen LogP contribution < -0.4 is 10.6 Å². The van der Waals surface area contributed by atoms with E-state index in [9.17, 15) is 9.59 Å². The van der Waals surface area contributed by atoms with Crippen LogP contribution in [0, 0.1) is 17.8 Å². The van der Waals surface area contributed by atoms with E-state index in [0.29, 0.717) is 4.75 Å². The van der Waals surface area contributed by atoms with Crippen LogP contribution in [0.3, 0.4) is 0 Å². The number of rotatable bonds is 4. The van der Waals surface area contributed by atoms with Crippen molar-refractivity contribution in [2.24, 2.45) is 17.8 Å². The lowest BCUT2D eigenvalue weighted by molar-refractivity contribution is -0.119. The van der Waals surface area contributed by atoms with E-state index in [1.54, 1.807) is 0 Å². The number of urea groups is 1. The molecule has 134 valence electrons. The zero-order valence-corrected chi connectivity index (χ0v) is 15.5. The summed E-state index contributed by atoms with van der Waals surface area (Å²) in [5.74, 6) is 2.56. The second-order valence-electron chi connectivity index (χ2n) is 8.80. The molecule has 0 aliphatic heterocycles. The third kappa shape index (κ3) is 3.47. The lowest BCUT2D eigenvalue weighted by Crippen LogP contribution is -2.51. The first kappa shape index (κ1) is 16.7. The number of thioether (sulfide) groups is 1. The maximum Gasteiger partial charge on any atom is 0.321 e. The monoisotopic (exact) mass is 350 g/mol. The van der Waals surface area contributed by atoms with E-state index in [-0.39, 0.29) is 23.2 Å². The highest BCUT2D eigenvalue weighted by Crippen LogP contribution is 2.61. The first-order valence-electron chi connectivity index (χ1n) is 9.80. The Labute approximate surface area is 149 Å². The Balaban J connectivity index is 1.30. The summed E-state index contributed by atoms with van der Waals surface area (Å²) in [6, 6.07) is -0.0474. The van der Waals surface area contributed by atoms with Gasteiger partial charge in [0.2, 0.25) is 5.91 Å². The second-order valence-corrected chi connectivity index (χ2v) is 10.6. The lowest BCUT2D eigenvalue weighted by Gasteiger charge is -2.56. The van der Waals surface area contributed by atoms with Crippen LogP contribution in [0.25, 0.3) is 0 Å². The quantitative estimate of drug-likeness (QED) is 0.810. The fraction of sp³-hybridized carbons (Fsp3) is 0.895. The number of imide groups is 1. The summed E-state index contributed by atoms with van der Waals surface area (Å²) in [5, 5.41) is 5.38. The molecule has 1 atom stereocenters. The van der Waals surface area contributed by atoms with Gasteiger partial charge in [-0.25, -0.2) is 4.79 Å². The van der Waals surface area contributed by atoms with Crippen LogP contribution in [0.15, 0.2) is 0 Å². The highest BCUT2D eigenvalue weighted by atomic mass is 32.2. The normalized spacial score (nSPS) is 39.0. The fourth-order valence-electron chi connectivity index (χ4n) is 6.11. The van der Waals surface area contributed by atoms with Crippen LogP contribution >= 0.6 is 11.8 Å². The largest absolute Gasteiger partial charge is 0.335 e. The Hall–Kier alpha value is -0.710. The van der Waals surface area contributed by atoms with Gasteiger partial charge in [0.25, 0.3) is 0 Å². The van der Waals surface area contributed by atoms with E-state index in [4.69, 9.17) is 0 Å². The van der Waals surface area contributed by atoms with Crippen LogP contribution in [0.5, 0.6) is 0 Å². The number of nitrogens with one attached hydrogen (secondary N) is 2. The van der Waals surface area contributed by atoms with Crippen molar-refractivity contribution in [1.29, 1.82) is 0 Å². The van der Waals surface area contributed by atoms with Gasteiger partial charge in [-0.3, -0.25) is 10.1 Å². The summed E-state index contributed by atoms with van der Waals surface area (Å²) in [7, 11) is 0. The molecule has 5 fully saturated rings. The molecule has 5 aliphatic carbocycles. The number of amides is 3. The zero-order valence-electron chi connectivity index (χ0n) is 14.7. The minimum atomic E-state index is -0.301. The van der Waals surface area contributed by atoms with Gasteiger partial charge in [-0.2, -0.15) is 0 Å². The molecule has 0 spiro atoms. The molecule has 4 nitrogen and oxygen atoms in total. The van der Waals surface area contributed by atoms with Gasteiger partial charge in [-0.15, -0.1) is 11.8 Å². The molecule has 0 heterocycles. The van der Waals surface area contributed by atoms with Gasteiger partial charge in [0.1, 0.15) is 0 Å². The van der Waals surface area contributed by atoms with Crippen molar-refractivity contribution in [1.82, 2.24) is 10.6 Å². The van der Waals surface area contributed by atoms with Crippen molar-refractivity contribution in [3.63, 3.8) is 0 Å². The summed E-state index contributed by atoms with van der Waals surface area (Å²) in [6.45, 7) is 1.97. The van der Waals surface area contributed by atoms with Crippen LogP contribution in [0.2, 0.25) is 0 Å². The lowest BCUT2D eigenvalue weighted by atomic mass is 9.56. The minimum Gasteiger partial charge on any atom is -0.335 e. The molecule has 3 amide bonds. The van der Waals surface area contributed by atoms with E-state index in [1.165, 1.54) is 51.4 Å². The first-order valence-corrected chi connectivity index (χ1v) is 10.7. The Morgan fingerprint density at radius 2 is 1.54 bits per heavy atom. The van der Waals surface area contributed by atoms with Gasteiger partial charge in [0.05, 0.1) is 5.25 Å². The van der Waals surface area contributed by atoms with E-state index < -0.39 is 0 Å². The van der Waals surface area contributed by atoms with E-state index in [1.807, 2.05) is 18.7 Å². The van der Waals surface area contributed by atoms with E-state index in [2.05, 4.69) is 10.6 Å². The molecular formula is C19H30N2O2S. The Morgan fingerprint density at radius 3 is 2.08 bits per heavy atom. The highest BCUT2D eigenvalue weighted by Gasteiger charge is 2.52. The topological polar surface area (TPSA) is 58.2 Å². The summed E-state index contributed by atoms with van der Waals surface area (Å²) in [4.78, 5) is 24.5. The summed E-state index contributed by atoms with van der Waals surface area (Å²) in [6.07, 6.45) is 12.6. The molecule has 0 radical (unpaired) electrons. The molecule has 0 aromatic carbocycles. The molecule has 0 unspecified atom stereocenters. The molecule has 0 saturated heterocycles. The van der Waals surface area contributed by atoms with Crippen molar-refractivity contribution in [2.75, 3.05) is 0 Å². The summed E-state index contributed by atoms with van der Waals surface area (Å²) in [5.41, 5.74) is 0. The van der Waals surface area contributed by atoms with Gasteiger partial charge in [0.15, 0.2) is 0 Å². The SMILES string of the molecule is C[C@H](SC12CC3CC(CC(C3)C1)C2)C(=O)NC(=O)NC1CCCC1.